The van der Waals surface area contributed by atoms with Gasteiger partial charge in [-0.2, -0.15) is 0 Å². The normalized spacial score (nSPS) is 18.1. The maximum Gasteiger partial charge on any atom is 0.306 e. The van der Waals surface area contributed by atoms with E-state index in [0.717, 1.165) is 29.7 Å². The number of rotatable bonds is 4. The summed E-state index contributed by atoms with van der Waals surface area (Å²) in [5.41, 5.74) is 1.90. The van der Waals surface area contributed by atoms with Gasteiger partial charge in [0.2, 0.25) is 0 Å². The molecule has 0 saturated heterocycles. The van der Waals surface area contributed by atoms with Crippen molar-refractivity contribution in [3.8, 4) is 0 Å². The molecule has 2 unspecified atom stereocenters. The first kappa shape index (κ1) is 13.4. The Kier molecular flexibility index (Phi) is 3.21. The van der Waals surface area contributed by atoms with Crippen molar-refractivity contribution in [1.82, 2.24) is 9.55 Å². The zero-order valence-electron chi connectivity index (χ0n) is 11.5. The van der Waals surface area contributed by atoms with Crippen molar-refractivity contribution in [3.63, 3.8) is 0 Å². The second kappa shape index (κ2) is 4.77. The van der Waals surface area contributed by atoms with Gasteiger partial charge < -0.3 is 9.67 Å². The predicted molar refractivity (Wildman–Crippen MR) is 78.2 cm³/mol. The molecule has 0 aliphatic heterocycles. The van der Waals surface area contributed by atoms with E-state index in [1.807, 2.05) is 25.1 Å². The second-order valence-corrected chi connectivity index (χ2v) is 6.06. The third-order valence-electron chi connectivity index (χ3n) is 4.14. The summed E-state index contributed by atoms with van der Waals surface area (Å²) >= 11 is 6.02. The fourth-order valence-electron chi connectivity index (χ4n) is 2.57. The number of carboxylic acids is 1. The molecule has 0 bridgehead atoms. The minimum absolute atomic E-state index is 0.126. The van der Waals surface area contributed by atoms with Crippen LogP contribution in [0.3, 0.4) is 0 Å². The Labute approximate surface area is 122 Å². The first-order valence-electron chi connectivity index (χ1n) is 6.89. The number of aliphatic carboxylic acids is 1. The number of imidazole rings is 1. The van der Waals surface area contributed by atoms with Crippen LogP contribution in [0.5, 0.6) is 0 Å². The summed E-state index contributed by atoms with van der Waals surface area (Å²) in [5.74, 6) is -0.510. The standard InChI is InChI=1S/C15H17ClN2O2/c1-8(9(2)15(19)20)14-17-12-7-10(16)3-6-13(12)18(14)11-4-5-11/h3,6-9,11H,4-5H2,1-2H3,(H,19,20). The summed E-state index contributed by atoms with van der Waals surface area (Å²) in [6.07, 6.45) is 2.27. The highest BCUT2D eigenvalue weighted by molar-refractivity contribution is 6.31. The fourth-order valence-corrected chi connectivity index (χ4v) is 2.73. The van der Waals surface area contributed by atoms with Crippen LogP contribution in [0.1, 0.15) is 44.5 Å². The summed E-state index contributed by atoms with van der Waals surface area (Å²) in [5, 5.41) is 9.88. The Morgan fingerprint density at radius 2 is 2.15 bits per heavy atom. The van der Waals surface area contributed by atoms with Gasteiger partial charge in [-0.15, -0.1) is 0 Å². The Hall–Kier alpha value is -1.55. The van der Waals surface area contributed by atoms with Crippen molar-refractivity contribution in [2.75, 3.05) is 0 Å². The van der Waals surface area contributed by atoms with Gasteiger partial charge in [0.25, 0.3) is 0 Å². The number of carbonyl (C=O) groups is 1. The molecule has 1 aromatic carbocycles. The van der Waals surface area contributed by atoms with Gasteiger partial charge in [0.1, 0.15) is 5.82 Å². The molecule has 1 heterocycles. The monoisotopic (exact) mass is 292 g/mol. The largest absolute Gasteiger partial charge is 0.481 e. The Morgan fingerprint density at radius 1 is 1.45 bits per heavy atom. The zero-order valence-corrected chi connectivity index (χ0v) is 12.3. The van der Waals surface area contributed by atoms with E-state index in [-0.39, 0.29) is 5.92 Å². The third kappa shape index (κ3) is 2.18. The molecule has 5 heteroatoms. The molecule has 1 aliphatic carbocycles. The van der Waals surface area contributed by atoms with Gasteiger partial charge >= 0.3 is 5.97 Å². The Balaban J connectivity index is 2.14. The van der Waals surface area contributed by atoms with E-state index in [1.165, 1.54) is 0 Å². The van der Waals surface area contributed by atoms with E-state index < -0.39 is 11.9 Å². The van der Waals surface area contributed by atoms with Crippen LogP contribution < -0.4 is 0 Å². The molecule has 1 N–H and O–H groups in total. The fraction of sp³-hybridized carbons (Fsp3) is 0.467. The third-order valence-corrected chi connectivity index (χ3v) is 4.37. The van der Waals surface area contributed by atoms with Crippen LogP contribution in [0.2, 0.25) is 5.02 Å². The SMILES string of the molecule is CC(C(=O)O)C(C)c1nc2cc(Cl)ccc2n1C1CC1. The summed E-state index contributed by atoms with van der Waals surface area (Å²) < 4.78 is 2.20. The van der Waals surface area contributed by atoms with Crippen LogP contribution in [0.15, 0.2) is 18.2 Å². The molecule has 0 radical (unpaired) electrons. The smallest absolute Gasteiger partial charge is 0.306 e. The van der Waals surface area contributed by atoms with E-state index in [9.17, 15) is 9.90 Å². The molecule has 20 heavy (non-hydrogen) atoms. The molecular weight excluding hydrogens is 276 g/mol. The molecule has 106 valence electrons. The molecule has 1 aromatic heterocycles. The first-order chi connectivity index (χ1) is 9.49. The Bertz CT molecular complexity index is 676. The molecule has 1 aliphatic rings. The lowest BCUT2D eigenvalue weighted by Crippen LogP contribution is -2.19. The second-order valence-electron chi connectivity index (χ2n) is 5.62. The number of fused-ring (bicyclic) bond motifs is 1. The molecular formula is C15H17ClN2O2. The number of benzene rings is 1. The lowest BCUT2D eigenvalue weighted by atomic mass is 9.95. The lowest BCUT2D eigenvalue weighted by Gasteiger charge is -2.17. The van der Waals surface area contributed by atoms with Gasteiger partial charge in [-0.3, -0.25) is 4.79 Å². The number of aromatic nitrogens is 2. The van der Waals surface area contributed by atoms with Crippen molar-refractivity contribution in [2.45, 2.75) is 38.6 Å². The minimum atomic E-state index is -0.787. The maximum absolute atomic E-state index is 11.2. The van der Waals surface area contributed by atoms with Gasteiger partial charge in [-0.25, -0.2) is 4.98 Å². The average Bonchev–Trinajstić information content (AvgIpc) is 3.17. The van der Waals surface area contributed by atoms with Crippen molar-refractivity contribution in [1.29, 1.82) is 0 Å². The molecule has 1 fully saturated rings. The number of nitrogens with zero attached hydrogens (tertiary/aromatic N) is 2. The predicted octanol–water partition coefficient (Wildman–Crippen LogP) is 3.85. The molecule has 0 spiro atoms. The van der Waals surface area contributed by atoms with Crippen molar-refractivity contribution in [2.24, 2.45) is 5.92 Å². The molecule has 2 atom stereocenters. The molecule has 2 aromatic rings. The van der Waals surface area contributed by atoms with E-state index in [4.69, 9.17) is 11.6 Å². The van der Waals surface area contributed by atoms with Gasteiger partial charge in [-0.1, -0.05) is 25.4 Å². The topological polar surface area (TPSA) is 55.1 Å². The van der Waals surface area contributed by atoms with Crippen LogP contribution in [0.4, 0.5) is 0 Å². The highest BCUT2D eigenvalue weighted by Crippen LogP contribution is 2.41. The van der Waals surface area contributed by atoms with E-state index in [0.29, 0.717) is 11.1 Å². The summed E-state index contributed by atoms with van der Waals surface area (Å²) in [7, 11) is 0. The van der Waals surface area contributed by atoms with Crippen LogP contribution in [0, 0.1) is 5.92 Å². The van der Waals surface area contributed by atoms with Gasteiger partial charge in [0.05, 0.1) is 17.0 Å². The Morgan fingerprint density at radius 3 is 2.75 bits per heavy atom. The van der Waals surface area contributed by atoms with Gasteiger partial charge in [0.15, 0.2) is 0 Å². The van der Waals surface area contributed by atoms with Gasteiger partial charge in [0, 0.05) is 17.0 Å². The molecule has 3 rings (SSSR count). The number of halogens is 1. The van der Waals surface area contributed by atoms with Crippen LogP contribution in [-0.2, 0) is 4.79 Å². The van der Waals surface area contributed by atoms with Crippen molar-refractivity contribution < 1.29 is 9.90 Å². The van der Waals surface area contributed by atoms with Crippen LogP contribution in [-0.4, -0.2) is 20.6 Å². The highest BCUT2D eigenvalue weighted by atomic mass is 35.5. The van der Waals surface area contributed by atoms with Crippen molar-refractivity contribution >= 4 is 28.6 Å². The minimum Gasteiger partial charge on any atom is -0.481 e. The van der Waals surface area contributed by atoms with E-state index >= 15 is 0 Å². The number of hydrogen-bond acceptors (Lipinski definition) is 2. The highest BCUT2D eigenvalue weighted by Gasteiger charge is 2.32. The summed E-state index contributed by atoms with van der Waals surface area (Å²) in [4.78, 5) is 15.9. The van der Waals surface area contributed by atoms with E-state index in [1.54, 1.807) is 6.92 Å². The zero-order chi connectivity index (χ0) is 14.4. The number of carboxylic acid groups (broad SMARTS) is 1. The average molecular weight is 293 g/mol. The number of hydrogen-bond donors (Lipinski definition) is 1. The van der Waals surface area contributed by atoms with Crippen LogP contribution in [0.25, 0.3) is 11.0 Å². The van der Waals surface area contributed by atoms with Crippen LogP contribution >= 0.6 is 11.6 Å². The maximum atomic E-state index is 11.2. The first-order valence-corrected chi connectivity index (χ1v) is 7.27. The van der Waals surface area contributed by atoms with E-state index in [2.05, 4.69) is 9.55 Å². The summed E-state index contributed by atoms with van der Waals surface area (Å²) in [6, 6.07) is 6.14. The lowest BCUT2D eigenvalue weighted by molar-refractivity contribution is -0.141. The summed E-state index contributed by atoms with van der Waals surface area (Å²) in [6.45, 7) is 3.66. The van der Waals surface area contributed by atoms with Gasteiger partial charge in [-0.05, 0) is 31.0 Å². The van der Waals surface area contributed by atoms with Crippen molar-refractivity contribution in [3.05, 3.63) is 29.0 Å². The molecule has 1 saturated carbocycles. The molecule has 4 nitrogen and oxygen atoms in total. The quantitative estimate of drug-likeness (QED) is 0.931. The molecule has 0 amide bonds.